The van der Waals surface area contributed by atoms with Crippen molar-refractivity contribution >= 4 is 7.32 Å². The minimum Gasteiger partial charge on any atom is -0.394 e. The molecule has 0 aromatic heterocycles. The Morgan fingerprint density at radius 2 is 1.08 bits per heavy atom. The molecule has 0 atom stereocenters. The lowest BCUT2D eigenvalue weighted by atomic mass is 10.1. The van der Waals surface area contributed by atoms with Crippen LogP contribution in [0.2, 0.25) is 0 Å². The third-order valence-corrected chi connectivity index (χ3v) is 3.59. The van der Waals surface area contributed by atoms with Gasteiger partial charge >= 0.3 is 7.32 Å². The molecule has 0 aromatic rings. The van der Waals surface area contributed by atoms with Gasteiger partial charge in [0.2, 0.25) is 0 Å². The summed E-state index contributed by atoms with van der Waals surface area (Å²) < 4.78 is 27.2. The van der Waals surface area contributed by atoms with Crippen LogP contribution in [0.4, 0.5) is 0 Å². The lowest BCUT2D eigenvalue weighted by molar-refractivity contribution is 0.0274. The molecule has 1 N–H and O–H groups in total. The largest absolute Gasteiger partial charge is 0.639 e. The highest BCUT2D eigenvalue weighted by atomic mass is 16.7. The van der Waals surface area contributed by atoms with Crippen LogP contribution in [0.1, 0.15) is 65.2 Å². The summed E-state index contributed by atoms with van der Waals surface area (Å²) >= 11 is 0. The molecule has 0 heterocycles. The van der Waals surface area contributed by atoms with Crippen LogP contribution < -0.4 is 0 Å². The van der Waals surface area contributed by atoms with Gasteiger partial charge in [-0.1, -0.05) is 52.4 Å². The van der Waals surface area contributed by atoms with E-state index in [9.17, 15) is 0 Å². The van der Waals surface area contributed by atoms with E-state index in [4.69, 9.17) is 28.5 Å². The molecule has 7 heteroatoms. The first-order valence-corrected chi connectivity index (χ1v) is 9.96. The third-order valence-electron chi connectivity index (χ3n) is 3.59. The lowest BCUT2D eigenvalue weighted by Gasteiger charge is -2.14. The highest BCUT2D eigenvalue weighted by molar-refractivity contribution is 6.36. The van der Waals surface area contributed by atoms with Crippen molar-refractivity contribution in [2.24, 2.45) is 0 Å². The van der Waals surface area contributed by atoms with Gasteiger partial charge in [0.25, 0.3) is 0 Å². The number of hydrogen-bond donors (Lipinski definition) is 1. The van der Waals surface area contributed by atoms with Crippen LogP contribution in [0, 0.1) is 0 Å². The summed E-state index contributed by atoms with van der Waals surface area (Å²) in [5.74, 6) is 0. The Bertz CT molecular complexity index is 246. The Hall–Kier alpha value is -0.175. The Morgan fingerprint density at radius 1 is 0.560 bits per heavy atom. The predicted molar refractivity (Wildman–Crippen MR) is 101 cm³/mol. The molecule has 0 aliphatic carbocycles. The maximum Gasteiger partial charge on any atom is 0.639 e. The summed E-state index contributed by atoms with van der Waals surface area (Å²) in [7, 11) is -0.778. The van der Waals surface area contributed by atoms with Crippen LogP contribution >= 0.6 is 0 Å². The van der Waals surface area contributed by atoms with Gasteiger partial charge < -0.3 is 28.5 Å². The molecule has 0 aliphatic rings. The first-order chi connectivity index (χ1) is 12.3. The van der Waals surface area contributed by atoms with Crippen molar-refractivity contribution in [3.63, 3.8) is 0 Å². The first-order valence-electron chi connectivity index (χ1n) is 9.96. The Balaban J connectivity index is 3.51. The molecule has 0 saturated carbocycles. The Morgan fingerprint density at radius 3 is 1.68 bits per heavy atom. The third kappa shape index (κ3) is 20.0. The van der Waals surface area contributed by atoms with Gasteiger partial charge in [0, 0.05) is 13.2 Å². The van der Waals surface area contributed by atoms with Gasteiger partial charge in [0.1, 0.15) is 0 Å². The van der Waals surface area contributed by atoms with E-state index in [1.54, 1.807) is 0 Å². The van der Waals surface area contributed by atoms with Crippen molar-refractivity contribution in [3.8, 4) is 0 Å². The molecule has 0 bridgehead atoms. The second kappa shape index (κ2) is 21.9. The van der Waals surface area contributed by atoms with Gasteiger partial charge in [-0.25, -0.2) is 0 Å². The molecule has 0 aromatic carbocycles. The van der Waals surface area contributed by atoms with Crippen LogP contribution in [0.25, 0.3) is 0 Å². The van der Waals surface area contributed by atoms with Crippen molar-refractivity contribution in [1.82, 2.24) is 0 Å². The maximum absolute atomic E-state index is 8.84. The molecule has 0 saturated heterocycles. The molecule has 0 spiro atoms. The Kier molecular flexibility index (Phi) is 21.7. The van der Waals surface area contributed by atoms with Gasteiger partial charge in [-0.05, 0) is 12.8 Å². The second-order valence-corrected chi connectivity index (χ2v) is 5.97. The van der Waals surface area contributed by atoms with E-state index >= 15 is 0 Å². The molecule has 6 nitrogen and oxygen atoms in total. The van der Waals surface area contributed by atoms with E-state index < -0.39 is 7.32 Å². The van der Waals surface area contributed by atoms with E-state index in [0.717, 1.165) is 32.5 Å². The maximum atomic E-state index is 8.84. The zero-order valence-corrected chi connectivity index (χ0v) is 16.4. The molecule has 25 heavy (non-hydrogen) atoms. The second-order valence-electron chi connectivity index (χ2n) is 5.97. The number of rotatable bonds is 21. The topological polar surface area (TPSA) is 66.4 Å². The van der Waals surface area contributed by atoms with Gasteiger partial charge in [-0.2, -0.15) is 0 Å². The normalized spacial score (nSPS) is 11.2. The fraction of sp³-hybridized carbons (Fsp3) is 1.00. The number of aliphatic hydroxyl groups is 1. The van der Waals surface area contributed by atoms with Crippen LogP contribution in [0.3, 0.4) is 0 Å². The molecule has 0 radical (unpaired) electrons. The molecule has 0 rings (SSSR count). The summed E-state index contributed by atoms with van der Waals surface area (Å²) in [6.45, 7) is 7.82. The monoisotopic (exact) mass is 362 g/mol. The number of ether oxygens (including phenoxy) is 2. The van der Waals surface area contributed by atoms with Crippen LogP contribution in [-0.2, 0) is 23.4 Å². The molecule has 0 unspecified atom stereocenters. The fourth-order valence-electron chi connectivity index (χ4n) is 2.13. The molecular weight excluding hydrogens is 323 g/mol. The van der Waals surface area contributed by atoms with E-state index in [2.05, 4.69) is 13.8 Å². The minimum absolute atomic E-state index is 0.0647. The van der Waals surface area contributed by atoms with Crippen molar-refractivity contribution in [1.29, 1.82) is 0 Å². The van der Waals surface area contributed by atoms with Crippen LogP contribution in [0.5, 0.6) is 0 Å². The van der Waals surface area contributed by atoms with Crippen molar-refractivity contribution < 1.29 is 28.5 Å². The Labute approximate surface area is 154 Å². The van der Waals surface area contributed by atoms with Crippen molar-refractivity contribution in [3.05, 3.63) is 0 Å². The SMILES string of the molecule is CCCCCCCCOCCOB(OCCO)OCCOCCCC. The standard InChI is InChI=1S/C18H39BO6/c1-3-5-7-8-9-10-13-22-16-18-25-19(23-14-11-20)24-17-15-21-12-6-4-2/h20H,3-18H2,1-2H3. The fourth-order valence-corrected chi connectivity index (χ4v) is 2.13. The van der Waals surface area contributed by atoms with E-state index in [0.29, 0.717) is 26.4 Å². The molecule has 0 fully saturated rings. The van der Waals surface area contributed by atoms with Gasteiger partial charge in [0.15, 0.2) is 0 Å². The lowest BCUT2D eigenvalue weighted by Crippen LogP contribution is -2.31. The number of hydrogen-bond acceptors (Lipinski definition) is 6. The van der Waals surface area contributed by atoms with Crippen LogP contribution in [0.15, 0.2) is 0 Å². The van der Waals surface area contributed by atoms with Crippen molar-refractivity contribution in [2.75, 3.05) is 52.9 Å². The van der Waals surface area contributed by atoms with E-state index in [1.807, 2.05) is 0 Å². The quantitative estimate of drug-likeness (QED) is 0.250. The molecule has 150 valence electrons. The number of unbranched alkanes of at least 4 members (excludes halogenated alkanes) is 6. The van der Waals surface area contributed by atoms with Crippen LogP contribution in [-0.4, -0.2) is 65.3 Å². The minimum atomic E-state index is -0.778. The smallest absolute Gasteiger partial charge is 0.394 e. The molecule has 0 amide bonds. The highest BCUT2D eigenvalue weighted by Gasteiger charge is 2.20. The molecular formula is C18H39BO6. The average Bonchev–Trinajstić information content (AvgIpc) is 2.63. The van der Waals surface area contributed by atoms with E-state index in [1.165, 1.54) is 32.1 Å². The first kappa shape index (κ1) is 24.8. The number of aliphatic hydroxyl groups excluding tert-OH is 1. The zero-order chi connectivity index (χ0) is 18.4. The van der Waals surface area contributed by atoms with Gasteiger partial charge in [0.05, 0.1) is 39.6 Å². The summed E-state index contributed by atoms with van der Waals surface area (Å²) in [6.07, 6.45) is 9.71. The summed E-state index contributed by atoms with van der Waals surface area (Å²) in [5.41, 5.74) is 0. The van der Waals surface area contributed by atoms with Gasteiger partial charge in [-0.3, -0.25) is 0 Å². The van der Waals surface area contributed by atoms with Crippen molar-refractivity contribution in [2.45, 2.75) is 65.2 Å². The summed E-state index contributed by atoms with van der Waals surface area (Å²) in [5, 5.41) is 8.84. The van der Waals surface area contributed by atoms with Gasteiger partial charge in [-0.15, -0.1) is 0 Å². The zero-order valence-electron chi connectivity index (χ0n) is 16.4. The average molecular weight is 362 g/mol. The molecule has 0 aliphatic heterocycles. The van der Waals surface area contributed by atoms with E-state index in [-0.39, 0.29) is 13.2 Å². The highest BCUT2D eigenvalue weighted by Crippen LogP contribution is 2.04. The summed E-state index contributed by atoms with van der Waals surface area (Å²) in [6, 6.07) is 0. The summed E-state index contributed by atoms with van der Waals surface area (Å²) in [4.78, 5) is 0. The predicted octanol–water partition coefficient (Wildman–Crippen LogP) is 3.21.